The lowest BCUT2D eigenvalue weighted by molar-refractivity contribution is 0.0601. The summed E-state index contributed by atoms with van der Waals surface area (Å²) in [5.41, 5.74) is 3.41. The summed E-state index contributed by atoms with van der Waals surface area (Å²) in [5, 5.41) is 3.38. The number of anilines is 1. The zero-order chi connectivity index (χ0) is 21.4. The maximum Gasteiger partial charge on any atom is 0.339 e. The first-order valence-corrected chi connectivity index (χ1v) is 9.88. The Hall–Kier alpha value is -4.00. The number of fused-ring (bicyclic) bond motifs is 2. The van der Waals surface area contributed by atoms with E-state index in [9.17, 15) is 9.59 Å². The van der Waals surface area contributed by atoms with E-state index in [0.717, 1.165) is 11.1 Å². The number of ether oxygens (including phenoxy) is 3. The molecule has 0 saturated heterocycles. The van der Waals surface area contributed by atoms with Gasteiger partial charge in [0.15, 0.2) is 11.5 Å². The third-order valence-electron chi connectivity index (χ3n) is 5.47. The normalized spacial score (nSPS) is 16.2. The molecule has 0 saturated carbocycles. The minimum atomic E-state index is -0.445. The molecule has 1 atom stereocenters. The van der Waals surface area contributed by atoms with Crippen molar-refractivity contribution in [2.45, 2.75) is 12.7 Å². The Bertz CT molecular complexity index is 1180. The van der Waals surface area contributed by atoms with Crippen LogP contribution in [0.1, 0.15) is 38.0 Å². The average Bonchev–Trinajstić information content (AvgIpc) is 3.37. The van der Waals surface area contributed by atoms with E-state index in [1.54, 1.807) is 23.1 Å². The number of rotatable bonds is 5. The van der Waals surface area contributed by atoms with Gasteiger partial charge in [-0.25, -0.2) is 4.79 Å². The molecule has 0 aliphatic carbocycles. The van der Waals surface area contributed by atoms with Crippen LogP contribution < -0.4 is 14.8 Å². The number of carbonyl (C=O) groups excluding carboxylic acids is 2. The van der Waals surface area contributed by atoms with E-state index >= 15 is 0 Å². The molecule has 31 heavy (non-hydrogen) atoms. The lowest BCUT2D eigenvalue weighted by Crippen LogP contribution is -2.32. The van der Waals surface area contributed by atoms with Crippen molar-refractivity contribution in [3.63, 3.8) is 0 Å². The van der Waals surface area contributed by atoms with Gasteiger partial charge in [-0.1, -0.05) is 36.4 Å². The molecule has 0 unspecified atom stereocenters. The van der Waals surface area contributed by atoms with E-state index in [1.807, 2.05) is 48.5 Å². The lowest BCUT2D eigenvalue weighted by atomic mass is 10.1. The number of esters is 1. The van der Waals surface area contributed by atoms with Gasteiger partial charge in [0.25, 0.3) is 5.91 Å². The van der Waals surface area contributed by atoms with E-state index in [-0.39, 0.29) is 12.7 Å². The molecular weight excluding hydrogens is 396 g/mol. The second kappa shape index (κ2) is 7.68. The van der Waals surface area contributed by atoms with Gasteiger partial charge in [-0.2, -0.15) is 0 Å². The van der Waals surface area contributed by atoms with E-state index < -0.39 is 12.1 Å². The van der Waals surface area contributed by atoms with E-state index in [0.29, 0.717) is 34.9 Å². The van der Waals surface area contributed by atoms with Crippen molar-refractivity contribution in [3.05, 3.63) is 89.0 Å². The Morgan fingerprint density at radius 2 is 1.84 bits per heavy atom. The molecule has 0 aromatic heterocycles. The summed E-state index contributed by atoms with van der Waals surface area (Å²) in [4.78, 5) is 27.2. The Morgan fingerprint density at radius 3 is 2.71 bits per heavy atom. The monoisotopic (exact) mass is 416 g/mol. The molecule has 1 amide bonds. The Balaban J connectivity index is 1.50. The minimum absolute atomic E-state index is 0.0821. The molecule has 7 nitrogen and oxygen atoms in total. The SMILES string of the molecule is COC(=O)c1ccccc1N[C@H]1c2ccccc2C(=O)N1Cc1ccc2c(c1)OCO2. The number of carbonyl (C=O) groups is 2. The number of benzene rings is 3. The van der Waals surface area contributed by atoms with Crippen LogP contribution >= 0.6 is 0 Å². The maximum absolute atomic E-state index is 13.2. The fourth-order valence-electron chi connectivity index (χ4n) is 3.97. The van der Waals surface area contributed by atoms with Gasteiger partial charge in [-0.05, 0) is 35.9 Å². The number of nitrogens with zero attached hydrogens (tertiary/aromatic N) is 1. The first-order valence-electron chi connectivity index (χ1n) is 9.88. The van der Waals surface area contributed by atoms with Crippen LogP contribution in [-0.2, 0) is 11.3 Å². The van der Waals surface area contributed by atoms with Crippen molar-refractivity contribution in [2.75, 3.05) is 19.2 Å². The van der Waals surface area contributed by atoms with Gasteiger partial charge in [0, 0.05) is 17.7 Å². The van der Waals surface area contributed by atoms with Gasteiger partial charge in [-0.3, -0.25) is 4.79 Å². The highest BCUT2D eigenvalue weighted by Crippen LogP contribution is 2.38. The largest absolute Gasteiger partial charge is 0.465 e. The number of hydrogen-bond donors (Lipinski definition) is 1. The second-order valence-corrected chi connectivity index (χ2v) is 7.29. The third kappa shape index (κ3) is 3.34. The van der Waals surface area contributed by atoms with Gasteiger partial charge >= 0.3 is 5.97 Å². The van der Waals surface area contributed by atoms with Gasteiger partial charge < -0.3 is 24.4 Å². The van der Waals surface area contributed by atoms with Crippen LogP contribution in [0.2, 0.25) is 0 Å². The lowest BCUT2D eigenvalue weighted by Gasteiger charge is -2.28. The number of para-hydroxylation sites is 1. The molecule has 156 valence electrons. The number of hydrogen-bond acceptors (Lipinski definition) is 6. The quantitative estimate of drug-likeness (QED) is 0.635. The summed E-state index contributed by atoms with van der Waals surface area (Å²) in [6, 6.07) is 20.2. The molecular formula is C24H20N2O5. The molecule has 5 rings (SSSR count). The van der Waals surface area contributed by atoms with Gasteiger partial charge in [0.1, 0.15) is 6.17 Å². The van der Waals surface area contributed by atoms with Crippen LogP contribution in [0.5, 0.6) is 11.5 Å². The van der Waals surface area contributed by atoms with Crippen LogP contribution in [0.25, 0.3) is 0 Å². The minimum Gasteiger partial charge on any atom is -0.465 e. The van der Waals surface area contributed by atoms with Crippen molar-refractivity contribution in [1.29, 1.82) is 0 Å². The van der Waals surface area contributed by atoms with Crippen LogP contribution in [-0.4, -0.2) is 30.7 Å². The first kappa shape index (κ1) is 19.0. The average molecular weight is 416 g/mol. The first-order chi connectivity index (χ1) is 15.2. The number of nitrogens with one attached hydrogen (secondary N) is 1. The zero-order valence-corrected chi connectivity index (χ0v) is 16.8. The van der Waals surface area contributed by atoms with E-state index in [4.69, 9.17) is 14.2 Å². The third-order valence-corrected chi connectivity index (χ3v) is 5.47. The smallest absolute Gasteiger partial charge is 0.339 e. The summed E-state index contributed by atoms with van der Waals surface area (Å²) in [6.45, 7) is 0.559. The van der Waals surface area contributed by atoms with Crippen molar-refractivity contribution >= 4 is 17.6 Å². The predicted octanol–water partition coefficient (Wildman–Crippen LogP) is 3.97. The van der Waals surface area contributed by atoms with E-state index in [2.05, 4.69) is 5.32 Å². The van der Waals surface area contributed by atoms with Gasteiger partial charge in [0.05, 0.1) is 18.4 Å². The summed E-state index contributed by atoms with van der Waals surface area (Å²) >= 11 is 0. The molecule has 0 bridgehead atoms. The maximum atomic E-state index is 13.2. The molecule has 1 N–H and O–H groups in total. The molecule has 0 spiro atoms. The molecule has 3 aromatic carbocycles. The highest BCUT2D eigenvalue weighted by molar-refractivity contribution is 6.00. The Morgan fingerprint density at radius 1 is 1.06 bits per heavy atom. The van der Waals surface area contributed by atoms with Crippen LogP contribution in [0.4, 0.5) is 5.69 Å². The molecule has 2 aliphatic heterocycles. The van der Waals surface area contributed by atoms with Crippen LogP contribution in [0.3, 0.4) is 0 Å². The van der Waals surface area contributed by atoms with Gasteiger partial charge in [0.2, 0.25) is 6.79 Å². The Labute approximate surface area is 179 Å². The summed E-state index contributed by atoms with van der Waals surface area (Å²) < 4.78 is 15.8. The number of amides is 1. The molecule has 2 aliphatic rings. The van der Waals surface area contributed by atoms with Crippen LogP contribution in [0, 0.1) is 0 Å². The molecule has 0 fully saturated rings. The molecule has 2 heterocycles. The zero-order valence-electron chi connectivity index (χ0n) is 16.8. The van der Waals surface area contributed by atoms with Crippen molar-refractivity contribution in [2.24, 2.45) is 0 Å². The van der Waals surface area contributed by atoms with Gasteiger partial charge in [-0.15, -0.1) is 0 Å². The summed E-state index contributed by atoms with van der Waals surface area (Å²) in [7, 11) is 1.35. The second-order valence-electron chi connectivity index (χ2n) is 7.29. The van der Waals surface area contributed by atoms with E-state index in [1.165, 1.54) is 7.11 Å². The standard InChI is InChI=1S/C24H20N2O5/c1-29-24(28)18-8-4-5-9-19(18)25-22-16-6-2-3-7-17(16)23(27)26(22)13-15-10-11-20-21(12-15)31-14-30-20/h2-12,22,25H,13-14H2,1H3/t22-/m1/s1. The highest BCUT2D eigenvalue weighted by atomic mass is 16.7. The molecule has 3 aromatic rings. The van der Waals surface area contributed by atoms with Crippen molar-refractivity contribution in [1.82, 2.24) is 4.90 Å². The van der Waals surface area contributed by atoms with Crippen molar-refractivity contribution < 1.29 is 23.8 Å². The molecule has 7 heteroatoms. The predicted molar refractivity (Wildman–Crippen MR) is 113 cm³/mol. The highest BCUT2D eigenvalue weighted by Gasteiger charge is 2.37. The summed E-state index contributed by atoms with van der Waals surface area (Å²) in [5.74, 6) is 0.841. The Kier molecular flexibility index (Phi) is 4.71. The fourth-order valence-corrected chi connectivity index (χ4v) is 3.97. The number of methoxy groups -OCH3 is 1. The summed E-state index contributed by atoms with van der Waals surface area (Å²) in [6.07, 6.45) is -0.445. The fraction of sp³-hybridized carbons (Fsp3) is 0.167. The van der Waals surface area contributed by atoms with Crippen molar-refractivity contribution in [3.8, 4) is 11.5 Å². The van der Waals surface area contributed by atoms with Crippen LogP contribution in [0.15, 0.2) is 66.7 Å². The topological polar surface area (TPSA) is 77.1 Å². The molecule has 0 radical (unpaired) electrons.